The molecule has 2 N–H and O–H groups in total. The highest BCUT2D eigenvalue weighted by molar-refractivity contribution is 6.33. The number of aliphatic hydroxyl groups is 1. The Labute approximate surface area is 93.8 Å². The summed E-state index contributed by atoms with van der Waals surface area (Å²) in [6, 6.07) is 5.34. The summed E-state index contributed by atoms with van der Waals surface area (Å²) >= 11 is 11.8. The Hall–Kier alpha value is -0.280. The minimum absolute atomic E-state index is 0.354. The molecule has 1 atom stereocenters. The fraction of sp³-hybridized carbons (Fsp3) is 0.400. The zero-order chi connectivity index (χ0) is 10.6. The molecule has 2 nitrogen and oxygen atoms in total. The third-order valence-electron chi connectivity index (χ3n) is 1.76. The van der Waals surface area contributed by atoms with Gasteiger partial charge in [0, 0.05) is 23.1 Å². The van der Waals surface area contributed by atoms with Crippen molar-refractivity contribution < 1.29 is 5.11 Å². The molecule has 1 rings (SSSR count). The Morgan fingerprint density at radius 2 is 2.14 bits per heavy atom. The third-order valence-corrected chi connectivity index (χ3v) is 2.37. The van der Waals surface area contributed by atoms with Crippen LogP contribution in [-0.2, 0) is 6.54 Å². The molecular weight excluding hydrogens is 221 g/mol. The van der Waals surface area contributed by atoms with Gasteiger partial charge in [0.1, 0.15) is 0 Å². The van der Waals surface area contributed by atoms with Gasteiger partial charge in [0.05, 0.1) is 6.10 Å². The molecule has 1 aromatic rings. The Morgan fingerprint density at radius 1 is 1.43 bits per heavy atom. The fourth-order valence-corrected chi connectivity index (χ4v) is 1.47. The molecule has 0 aliphatic carbocycles. The maximum Gasteiger partial charge on any atom is 0.0636 e. The zero-order valence-electron chi connectivity index (χ0n) is 7.93. The van der Waals surface area contributed by atoms with Crippen LogP contribution in [0.2, 0.25) is 10.0 Å². The minimum Gasteiger partial charge on any atom is -0.392 e. The van der Waals surface area contributed by atoms with Gasteiger partial charge in [0.15, 0.2) is 0 Å². The second-order valence-electron chi connectivity index (χ2n) is 3.22. The molecule has 0 saturated carbocycles. The summed E-state index contributed by atoms with van der Waals surface area (Å²) in [4.78, 5) is 0. The molecule has 0 fully saturated rings. The topological polar surface area (TPSA) is 32.3 Å². The van der Waals surface area contributed by atoms with Gasteiger partial charge < -0.3 is 10.4 Å². The van der Waals surface area contributed by atoms with Crippen LogP contribution in [0.5, 0.6) is 0 Å². The van der Waals surface area contributed by atoms with Gasteiger partial charge in [-0.3, -0.25) is 0 Å². The van der Waals surface area contributed by atoms with Gasteiger partial charge in [0.2, 0.25) is 0 Å². The van der Waals surface area contributed by atoms with E-state index in [1.807, 2.05) is 6.07 Å². The third kappa shape index (κ3) is 3.84. The normalized spacial score (nSPS) is 12.9. The summed E-state index contributed by atoms with van der Waals surface area (Å²) in [7, 11) is 0. The van der Waals surface area contributed by atoms with E-state index < -0.39 is 0 Å². The highest BCUT2D eigenvalue weighted by Gasteiger charge is 2.01. The lowest BCUT2D eigenvalue weighted by Gasteiger charge is -2.08. The van der Waals surface area contributed by atoms with Gasteiger partial charge in [-0.25, -0.2) is 0 Å². The number of aliphatic hydroxyl groups excluding tert-OH is 1. The Balaban J connectivity index is 2.53. The molecule has 0 aromatic heterocycles. The first kappa shape index (κ1) is 11.8. The SMILES string of the molecule is CC(O)CNCc1cc(Cl)ccc1Cl. The van der Waals surface area contributed by atoms with Crippen LogP contribution in [0.1, 0.15) is 12.5 Å². The number of hydrogen-bond donors (Lipinski definition) is 2. The van der Waals surface area contributed by atoms with Crippen molar-refractivity contribution in [2.45, 2.75) is 19.6 Å². The summed E-state index contributed by atoms with van der Waals surface area (Å²) in [5.41, 5.74) is 0.944. The van der Waals surface area contributed by atoms with Gasteiger partial charge >= 0.3 is 0 Å². The van der Waals surface area contributed by atoms with Crippen LogP contribution in [0.4, 0.5) is 0 Å². The number of nitrogens with one attached hydrogen (secondary N) is 1. The largest absolute Gasteiger partial charge is 0.392 e. The van der Waals surface area contributed by atoms with Crippen LogP contribution in [-0.4, -0.2) is 17.8 Å². The number of rotatable bonds is 4. The van der Waals surface area contributed by atoms with Crippen molar-refractivity contribution in [2.24, 2.45) is 0 Å². The summed E-state index contributed by atoms with van der Waals surface area (Å²) in [6.07, 6.45) is -0.354. The Bertz CT molecular complexity index is 302. The lowest BCUT2D eigenvalue weighted by molar-refractivity contribution is 0.191. The quantitative estimate of drug-likeness (QED) is 0.838. The van der Waals surface area contributed by atoms with Crippen molar-refractivity contribution in [1.29, 1.82) is 0 Å². The highest BCUT2D eigenvalue weighted by atomic mass is 35.5. The number of benzene rings is 1. The molecular formula is C10H13Cl2NO. The smallest absolute Gasteiger partial charge is 0.0636 e. The van der Waals surface area contributed by atoms with E-state index in [1.54, 1.807) is 19.1 Å². The first-order chi connectivity index (χ1) is 6.59. The molecule has 1 unspecified atom stereocenters. The first-order valence-electron chi connectivity index (χ1n) is 4.42. The van der Waals surface area contributed by atoms with Crippen LogP contribution in [0.15, 0.2) is 18.2 Å². The van der Waals surface area contributed by atoms with Crippen LogP contribution in [0, 0.1) is 0 Å². The molecule has 0 aliphatic heterocycles. The molecule has 4 heteroatoms. The second-order valence-corrected chi connectivity index (χ2v) is 4.06. The van der Waals surface area contributed by atoms with Crippen molar-refractivity contribution >= 4 is 23.2 Å². The van der Waals surface area contributed by atoms with Gasteiger partial charge in [-0.1, -0.05) is 23.2 Å². The second kappa shape index (κ2) is 5.56. The van der Waals surface area contributed by atoms with Gasteiger partial charge in [-0.15, -0.1) is 0 Å². The van der Waals surface area contributed by atoms with Crippen molar-refractivity contribution in [3.05, 3.63) is 33.8 Å². The van der Waals surface area contributed by atoms with Crippen molar-refractivity contribution in [1.82, 2.24) is 5.32 Å². The Morgan fingerprint density at radius 3 is 2.79 bits per heavy atom. The molecule has 0 radical (unpaired) electrons. The van der Waals surface area contributed by atoms with Crippen molar-refractivity contribution in [3.63, 3.8) is 0 Å². The highest BCUT2D eigenvalue weighted by Crippen LogP contribution is 2.20. The molecule has 0 amide bonds. The van der Waals surface area contributed by atoms with E-state index in [4.69, 9.17) is 28.3 Å². The maximum atomic E-state index is 9.03. The molecule has 0 bridgehead atoms. The standard InChI is InChI=1S/C10H13Cl2NO/c1-7(14)5-13-6-8-4-9(11)2-3-10(8)12/h2-4,7,13-14H,5-6H2,1H3. The number of hydrogen-bond acceptors (Lipinski definition) is 2. The van der Waals surface area contributed by atoms with E-state index in [0.29, 0.717) is 23.1 Å². The zero-order valence-corrected chi connectivity index (χ0v) is 9.44. The molecule has 78 valence electrons. The molecule has 0 saturated heterocycles. The van der Waals surface area contributed by atoms with Crippen molar-refractivity contribution in [3.8, 4) is 0 Å². The van der Waals surface area contributed by atoms with Gasteiger partial charge in [-0.05, 0) is 30.7 Å². The van der Waals surface area contributed by atoms with E-state index >= 15 is 0 Å². The predicted octanol–water partition coefficient (Wildman–Crippen LogP) is 2.46. The fourth-order valence-electron chi connectivity index (χ4n) is 1.09. The summed E-state index contributed by atoms with van der Waals surface area (Å²) in [6.45, 7) is 2.89. The number of halogens is 2. The summed E-state index contributed by atoms with van der Waals surface area (Å²) in [5.74, 6) is 0. The van der Waals surface area contributed by atoms with E-state index in [1.165, 1.54) is 0 Å². The first-order valence-corrected chi connectivity index (χ1v) is 5.18. The van der Waals surface area contributed by atoms with Crippen LogP contribution in [0.25, 0.3) is 0 Å². The molecule has 0 heterocycles. The molecule has 0 aliphatic rings. The summed E-state index contributed by atoms with van der Waals surface area (Å²) in [5, 5.41) is 13.5. The lowest BCUT2D eigenvalue weighted by atomic mass is 10.2. The Kier molecular flexibility index (Phi) is 4.69. The van der Waals surface area contributed by atoms with E-state index in [-0.39, 0.29) is 6.10 Å². The summed E-state index contributed by atoms with van der Waals surface area (Å²) < 4.78 is 0. The van der Waals surface area contributed by atoms with E-state index in [0.717, 1.165) is 5.56 Å². The van der Waals surface area contributed by atoms with Gasteiger partial charge in [0.25, 0.3) is 0 Å². The van der Waals surface area contributed by atoms with Crippen molar-refractivity contribution in [2.75, 3.05) is 6.54 Å². The minimum atomic E-state index is -0.354. The van der Waals surface area contributed by atoms with E-state index in [2.05, 4.69) is 5.32 Å². The molecule has 1 aromatic carbocycles. The molecule has 0 spiro atoms. The monoisotopic (exact) mass is 233 g/mol. The maximum absolute atomic E-state index is 9.03. The lowest BCUT2D eigenvalue weighted by Crippen LogP contribution is -2.23. The van der Waals surface area contributed by atoms with E-state index in [9.17, 15) is 0 Å². The van der Waals surface area contributed by atoms with Gasteiger partial charge in [-0.2, -0.15) is 0 Å². The van der Waals surface area contributed by atoms with Crippen LogP contribution >= 0.6 is 23.2 Å². The average Bonchev–Trinajstić information content (AvgIpc) is 2.10. The molecule has 14 heavy (non-hydrogen) atoms. The average molecular weight is 234 g/mol. The van der Waals surface area contributed by atoms with Crippen LogP contribution in [0.3, 0.4) is 0 Å². The van der Waals surface area contributed by atoms with Crippen LogP contribution < -0.4 is 5.32 Å². The predicted molar refractivity (Wildman–Crippen MR) is 59.8 cm³/mol.